The van der Waals surface area contributed by atoms with Gasteiger partial charge in [0.1, 0.15) is 5.75 Å². The first kappa shape index (κ1) is 17.7. The van der Waals surface area contributed by atoms with Crippen molar-refractivity contribution in [3.8, 4) is 5.75 Å². The summed E-state index contributed by atoms with van der Waals surface area (Å²) >= 11 is 3.42. The van der Waals surface area contributed by atoms with Gasteiger partial charge >= 0.3 is 0 Å². The van der Waals surface area contributed by atoms with Crippen molar-refractivity contribution in [3.63, 3.8) is 0 Å². The Morgan fingerprint density at radius 1 is 1.15 bits per heavy atom. The largest absolute Gasteiger partial charge is 0.490 e. The maximum absolute atomic E-state index is 6.16. The van der Waals surface area contributed by atoms with Crippen LogP contribution in [0.2, 0.25) is 0 Å². The minimum atomic E-state index is 0.368. The van der Waals surface area contributed by atoms with Crippen molar-refractivity contribution in [3.05, 3.63) is 42.2 Å². The molecule has 1 aliphatic carbocycles. The number of rotatable bonds is 6. The average molecular weight is 386 g/mol. The molecule has 0 radical (unpaired) electrons. The molecular formula is C20H23N3OS2. The number of benzene rings is 1. The van der Waals surface area contributed by atoms with Crippen LogP contribution in [0.25, 0.3) is 11.0 Å². The summed E-state index contributed by atoms with van der Waals surface area (Å²) in [5.41, 5.74) is 3.09. The first-order chi connectivity index (χ1) is 12.8. The number of aromatic nitrogens is 3. The van der Waals surface area contributed by atoms with E-state index in [0.717, 1.165) is 33.4 Å². The summed E-state index contributed by atoms with van der Waals surface area (Å²) in [6.45, 7) is 0. The van der Waals surface area contributed by atoms with Crippen molar-refractivity contribution >= 4 is 34.6 Å². The molecule has 0 spiro atoms. The van der Waals surface area contributed by atoms with Gasteiger partial charge in [0.15, 0.2) is 5.16 Å². The Morgan fingerprint density at radius 2 is 2.04 bits per heavy atom. The lowest BCUT2D eigenvalue weighted by Crippen LogP contribution is -2.19. The zero-order chi connectivity index (χ0) is 17.8. The average Bonchev–Trinajstić information content (AvgIpc) is 3.09. The fraction of sp³-hybridized carbons (Fsp3) is 0.400. The predicted octanol–water partition coefficient (Wildman–Crippen LogP) is 5.68. The molecule has 0 aliphatic heterocycles. The molecule has 1 aromatic carbocycles. The number of thioether (sulfide) groups is 2. The first-order valence-electron chi connectivity index (χ1n) is 9.08. The van der Waals surface area contributed by atoms with E-state index < -0.39 is 0 Å². The summed E-state index contributed by atoms with van der Waals surface area (Å²) in [4.78, 5) is 13.8. The molecule has 6 heteroatoms. The number of aromatic amines is 1. The Kier molecular flexibility index (Phi) is 5.70. The fourth-order valence-electron chi connectivity index (χ4n) is 3.29. The maximum Gasteiger partial charge on any atom is 0.166 e. The molecule has 1 N–H and O–H groups in total. The van der Waals surface area contributed by atoms with Crippen LogP contribution in [0.1, 0.15) is 37.8 Å². The summed E-state index contributed by atoms with van der Waals surface area (Å²) in [5.74, 6) is 1.75. The third kappa shape index (κ3) is 4.35. The number of hydrogen-bond acceptors (Lipinski definition) is 5. The maximum atomic E-state index is 6.16. The van der Waals surface area contributed by atoms with E-state index in [2.05, 4.69) is 33.3 Å². The predicted molar refractivity (Wildman–Crippen MR) is 109 cm³/mol. The lowest BCUT2D eigenvalue weighted by molar-refractivity contribution is 0.155. The van der Waals surface area contributed by atoms with Crippen LogP contribution in [-0.2, 0) is 5.75 Å². The van der Waals surface area contributed by atoms with Crippen LogP contribution in [0.15, 0.2) is 46.6 Å². The second kappa shape index (κ2) is 8.35. The monoisotopic (exact) mass is 385 g/mol. The van der Waals surface area contributed by atoms with Crippen LogP contribution in [0, 0.1) is 0 Å². The van der Waals surface area contributed by atoms with Gasteiger partial charge < -0.3 is 9.72 Å². The minimum absolute atomic E-state index is 0.368. The molecule has 0 bridgehead atoms. The van der Waals surface area contributed by atoms with Crippen molar-refractivity contribution in [2.45, 2.75) is 54.0 Å². The Morgan fingerprint density at radius 3 is 2.88 bits per heavy atom. The van der Waals surface area contributed by atoms with Crippen LogP contribution >= 0.6 is 23.5 Å². The van der Waals surface area contributed by atoms with Gasteiger partial charge in [-0.3, -0.25) is 4.98 Å². The lowest BCUT2D eigenvalue weighted by Gasteiger charge is -2.22. The topological polar surface area (TPSA) is 50.8 Å². The van der Waals surface area contributed by atoms with Gasteiger partial charge in [0, 0.05) is 22.9 Å². The van der Waals surface area contributed by atoms with Crippen molar-refractivity contribution < 1.29 is 4.74 Å². The zero-order valence-electron chi connectivity index (χ0n) is 14.9. The number of pyridine rings is 1. The van der Waals surface area contributed by atoms with E-state index in [-0.39, 0.29) is 0 Å². The van der Waals surface area contributed by atoms with E-state index in [1.54, 1.807) is 23.5 Å². The van der Waals surface area contributed by atoms with E-state index in [1.165, 1.54) is 37.0 Å². The van der Waals surface area contributed by atoms with Gasteiger partial charge in [-0.25, -0.2) is 4.98 Å². The van der Waals surface area contributed by atoms with Crippen molar-refractivity contribution in [2.75, 3.05) is 6.26 Å². The lowest BCUT2D eigenvalue weighted by atomic mass is 9.98. The molecule has 3 aromatic rings. The molecule has 0 unspecified atom stereocenters. The summed E-state index contributed by atoms with van der Waals surface area (Å²) < 4.78 is 6.16. The van der Waals surface area contributed by atoms with E-state index in [4.69, 9.17) is 4.74 Å². The standard InChI is InChI=1S/C20H23N3OS2/c1-25-17-9-10-21-14(11-17)13-26-20-22-18-8-7-16(12-19(18)23-20)24-15-5-3-2-4-6-15/h7-12,15H,2-6,13H2,1H3,(H,22,23). The summed E-state index contributed by atoms with van der Waals surface area (Å²) in [5, 5.41) is 0.922. The van der Waals surface area contributed by atoms with Gasteiger partial charge in [0.05, 0.1) is 22.8 Å². The highest BCUT2D eigenvalue weighted by Crippen LogP contribution is 2.28. The molecule has 136 valence electrons. The van der Waals surface area contributed by atoms with Crippen LogP contribution in [0.4, 0.5) is 0 Å². The molecular weight excluding hydrogens is 362 g/mol. The molecule has 2 aromatic heterocycles. The zero-order valence-corrected chi connectivity index (χ0v) is 16.5. The molecule has 4 nitrogen and oxygen atoms in total. The van der Waals surface area contributed by atoms with E-state index >= 15 is 0 Å². The molecule has 0 amide bonds. The second-order valence-electron chi connectivity index (χ2n) is 6.57. The smallest absolute Gasteiger partial charge is 0.166 e. The summed E-state index contributed by atoms with van der Waals surface area (Å²) in [6, 6.07) is 10.3. The highest BCUT2D eigenvalue weighted by molar-refractivity contribution is 7.98. The Bertz CT molecular complexity index is 874. The van der Waals surface area contributed by atoms with Gasteiger partial charge in [-0.05, 0) is 56.2 Å². The summed E-state index contributed by atoms with van der Waals surface area (Å²) in [6.07, 6.45) is 10.6. The SMILES string of the molecule is CSc1ccnc(CSc2nc3ccc(OC4CCCCC4)cc3[nH]2)c1. The molecule has 26 heavy (non-hydrogen) atoms. The second-order valence-corrected chi connectivity index (χ2v) is 8.42. The number of nitrogens with one attached hydrogen (secondary N) is 1. The van der Waals surface area contributed by atoms with Gasteiger partial charge in [-0.15, -0.1) is 11.8 Å². The number of hydrogen-bond donors (Lipinski definition) is 1. The fourth-order valence-corrected chi connectivity index (χ4v) is 4.53. The number of ether oxygens (including phenoxy) is 1. The third-order valence-corrected chi connectivity index (χ3v) is 6.30. The van der Waals surface area contributed by atoms with Gasteiger partial charge in [0.2, 0.25) is 0 Å². The van der Waals surface area contributed by atoms with Gasteiger partial charge in [-0.2, -0.15) is 0 Å². The molecule has 2 heterocycles. The normalized spacial score (nSPS) is 15.4. The Balaban J connectivity index is 1.43. The van der Waals surface area contributed by atoms with E-state index in [9.17, 15) is 0 Å². The third-order valence-electron chi connectivity index (χ3n) is 4.67. The number of imidazole rings is 1. The highest BCUT2D eigenvalue weighted by atomic mass is 32.2. The molecule has 1 aliphatic rings. The minimum Gasteiger partial charge on any atom is -0.490 e. The van der Waals surface area contributed by atoms with Crippen LogP contribution in [0.3, 0.4) is 0 Å². The van der Waals surface area contributed by atoms with Crippen molar-refractivity contribution in [2.24, 2.45) is 0 Å². The van der Waals surface area contributed by atoms with Crippen molar-refractivity contribution in [1.29, 1.82) is 0 Å². The number of H-pyrrole nitrogens is 1. The van der Waals surface area contributed by atoms with Crippen molar-refractivity contribution in [1.82, 2.24) is 15.0 Å². The first-order valence-corrected chi connectivity index (χ1v) is 11.3. The van der Waals surface area contributed by atoms with E-state index in [1.807, 2.05) is 24.4 Å². The Hall–Kier alpha value is -1.66. The Labute approximate surface area is 162 Å². The number of nitrogens with zero attached hydrogens (tertiary/aromatic N) is 2. The van der Waals surface area contributed by atoms with E-state index in [0.29, 0.717) is 6.10 Å². The van der Waals surface area contributed by atoms with Crippen LogP contribution < -0.4 is 4.74 Å². The molecule has 1 saturated carbocycles. The van der Waals surface area contributed by atoms with Crippen LogP contribution in [0.5, 0.6) is 5.75 Å². The van der Waals surface area contributed by atoms with Gasteiger partial charge in [0.25, 0.3) is 0 Å². The summed E-state index contributed by atoms with van der Waals surface area (Å²) in [7, 11) is 0. The molecule has 0 saturated heterocycles. The number of fused-ring (bicyclic) bond motifs is 1. The molecule has 1 fully saturated rings. The van der Waals surface area contributed by atoms with Gasteiger partial charge in [-0.1, -0.05) is 18.2 Å². The molecule has 4 rings (SSSR count). The quantitative estimate of drug-likeness (QED) is 0.553. The highest BCUT2D eigenvalue weighted by Gasteiger charge is 2.15. The van der Waals surface area contributed by atoms with Crippen LogP contribution in [-0.4, -0.2) is 27.3 Å². The molecule has 0 atom stereocenters.